The monoisotopic (exact) mass is 299 g/mol. The molecule has 1 aromatic heterocycles. The number of fused-ring (bicyclic) bond motifs is 1. The predicted molar refractivity (Wildman–Crippen MR) is 84.6 cm³/mol. The third kappa shape index (κ3) is 2.93. The highest BCUT2D eigenvalue weighted by molar-refractivity contribution is 7.99. The molecule has 0 spiro atoms. The number of aryl methyl sites for hydroxylation is 1. The zero-order valence-corrected chi connectivity index (χ0v) is 12.9. The van der Waals surface area contributed by atoms with Gasteiger partial charge in [0.15, 0.2) is 5.16 Å². The smallest absolute Gasteiger partial charge is 0.237 e. The van der Waals surface area contributed by atoms with Crippen molar-refractivity contribution >= 4 is 23.4 Å². The van der Waals surface area contributed by atoms with Gasteiger partial charge in [-0.3, -0.25) is 4.79 Å². The summed E-state index contributed by atoms with van der Waals surface area (Å²) in [5.41, 5.74) is 3.20. The van der Waals surface area contributed by atoms with E-state index >= 15 is 0 Å². The van der Waals surface area contributed by atoms with Crippen LogP contribution in [0.5, 0.6) is 0 Å². The van der Waals surface area contributed by atoms with E-state index in [0.29, 0.717) is 10.9 Å². The summed E-state index contributed by atoms with van der Waals surface area (Å²) in [6.07, 6.45) is 2.65. The first-order valence-electron chi connectivity index (χ1n) is 6.97. The standard InChI is InChI=1S/C16H17N3OS/c1-11-7-8-17-16(18-11)21-10-15(20)19-12(2)9-13-5-3-4-6-14(13)19/h3-8,12H,9-10H2,1-2H3/t12-/m1/s1. The molecule has 2 heterocycles. The molecule has 0 saturated carbocycles. The van der Waals surface area contributed by atoms with E-state index in [2.05, 4.69) is 23.0 Å². The summed E-state index contributed by atoms with van der Waals surface area (Å²) < 4.78 is 0. The van der Waals surface area contributed by atoms with Gasteiger partial charge in [-0.1, -0.05) is 30.0 Å². The normalized spacial score (nSPS) is 16.9. The minimum atomic E-state index is 0.113. The van der Waals surface area contributed by atoms with Crippen molar-refractivity contribution in [2.75, 3.05) is 10.7 Å². The SMILES string of the molecule is Cc1ccnc(SCC(=O)N2c3ccccc3C[C@H]2C)n1. The number of rotatable bonds is 3. The van der Waals surface area contributed by atoms with Crippen molar-refractivity contribution in [2.24, 2.45) is 0 Å². The van der Waals surface area contributed by atoms with E-state index in [0.717, 1.165) is 17.8 Å². The van der Waals surface area contributed by atoms with E-state index in [9.17, 15) is 4.79 Å². The maximum absolute atomic E-state index is 12.5. The Hall–Kier alpha value is -1.88. The molecule has 0 fully saturated rings. The van der Waals surface area contributed by atoms with Gasteiger partial charge in [-0.2, -0.15) is 0 Å². The van der Waals surface area contributed by atoms with Gasteiger partial charge in [0.05, 0.1) is 5.75 Å². The number of carbonyl (C=O) groups excluding carboxylic acids is 1. The molecule has 0 unspecified atom stereocenters. The van der Waals surface area contributed by atoms with Crippen LogP contribution in [0.25, 0.3) is 0 Å². The van der Waals surface area contributed by atoms with Crippen LogP contribution in [0.4, 0.5) is 5.69 Å². The van der Waals surface area contributed by atoms with Gasteiger partial charge < -0.3 is 4.90 Å². The number of para-hydroxylation sites is 1. The van der Waals surface area contributed by atoms with E-state index in [1.807, 2.05) is 36.1 Å². The molecular formula is C16H17N3OS. The molecule has 5 heteroatoms. The van der Waals surface area contributed by atoms with Crippen molar-refractivity contribution < 1.29 is 4.79 Å². The van der Waals surface area contributed by atoms with Crippen LogP contribution < -0.4 is 4.90 Å². The minimum absolute atomic E-state index is 0.113. The maximum atomic E-state index is 12.5. The second-order valence-electron chi connectivity index (χ2n) is 5.21. The molecule has 4 nitrogen and oxygen atoms in total. The number of anilines is 1. The van der Waals surface area contributed by atoms with Gasteiger partial charge in [-0.15, -0.1) is 0 Å². The molecule has 108 valence electrons. The minimum Gasteiger partial charge on any atom is -0.308 e. The summed E-state index contributed by atoms with van der Waals surface area (Å²) >= 11 is 1.39. The van der Waals surface area contributed by atoms with Gasteiger partial charge in [0.1, 0.15) is 0 Å². The van der Waals surface area contributed by atoms with Crippen molar-refractivity contribution in [3.63, 3.8) is 0 Å². The largest absolute Gasteiger partial charge is 0.308 e. The zero-order chi connectivity index (χ0) is 14.8. The van der Waals surface area contributed by atoms with Crippen LogP contribution >= 0.6 is 11.8 Å². The molecule has 1 aliphatic heterocycles. The summed E-state index contributed by atoms with van der Waals surface area (Å²) in [5, 5.41) is 0.656. The quantitative estimate of drug-likeness (QED) is 0.646. The Bertz CT molecular complexity index is 674. The fourth-order valence-corrected chi connectivity index (χ4v) is 3.37. The van der Waals surface area contributed by atoms with E-state index in [-0.39, 0.29) is 11.9 Å². The van der Waals surface area contributed by atoms with Crippen molar-refractivity contribution in [3.05, 3.63) is 47.8 Å². The highest BCUT2D eigenvalue weighted by atomic mass is 32.2. The third-order valence-corrected chi connectivity index (χ3v) is 4.42. The van der Waals surface area contributed by atoms with E-state index in [1.165, 1.54) is 17.3 Å². The summed E-state index contributed by atoms with van der Waals surface area (Å²) in [6.45, 7) is 4.01. The molecule has 0 radical (unpaired) electrons. The topological polar surface area (TPSA) is 46.1 Å². The maximum Gasteiger partial charge on any atom is 0.237 e. The Morgan fingerprint density at radius 2 is 2.19 bits per heavy atom. The molecule has 21 heavy (non-hydrogen) atoms. The second kappa shape index (κ2) is 5.85. The van der Waals surface area contributed by atoms with Crippen LogP contribution in [0.15, 0.2) is 41.7 Å². The highest BCUT2D eigenvalue weighted by Crippen LogP contribution is 2.32. The second-order valence-corrected chi connectivity index (χ2v) is 6.16. The Kier molecular flexibility index (Phi) is 3.92. The van der Waals surface area contributed by atoms with E-state index in [1.54, 1.807) is 6.20 Å². The summed E-state index contributed by atoms with van der Waals surface area (Å²) in [5.74, 6) is 0.477. The number of hydrogen-bond donors (Lipinski definition) is 0. The molecule has 0 bridgehead atoms. The number of thioether (sulfide) groups is 1. The Morgan fingerprint density at radius 3 is 3.00 bits per heavy atom. The zero-order valence-electron chi connectivity index (χ0n) is 12.1. The molecule has 3 rings (SSSR count). The molecule has 1 aromatic carbocycles. The first kappa shape index (κ1) is 14.1. The average Bonchev–Trinajstić information content (AvgIpc) is 2.81. The molecule has 1 aliphatic rings. The van der Waals surface area contributed by atoms with E-state index in [4.69, 9.17) is 0 Å². The number of carbonyl (C=O) groups is 1. The van der Waals surface area contributed by atoms with Crippen LogP contribution in [0.2, 0.25) is 0 Å². The molecule has 2 aromatic rings. The fourth-order valence-electron chi connectivity index (χ4n) is 2.64. The van der Waals surface area contributed by atoms with Crippen LogP contribution in [0.1, 0.15) is 18.2 Å². The summed E-state index contributed by atoms with van der Waals surface area (Å²) in [6, 6.07) is 10.2. The molecule has 0 N–H and O–H groups in total. The average molecular weight is 299 g/mol. The molecule has 1 atom stereocenters. The van der Waals surface area contributed by atoms with Gasteiger partial charge in [0.25, 0.3) is 0 Å². The fraction of sp³-hybridized carbons (Fsp3) is 0.312. The highest BCUT2D eigenvalue weighted by Gasteiger charge is 2.30. The lowest BCUT2D eigenvalue weighted by atomic mass is 10.1. The Balaban J connectivity index is 1.71. The Labute approximate surface area is 128 Å². The Morgan fingerprint density at radius 1 is 1.38 bits per heavy atom. The van der Waals surface area contributed by atoms with E-state index < -0.39 is 0 Å². The third-order valence-electron chi connectivity index (χ3n) is 3.57. The van der Waals surface area contributed by atoms with Crippen molar-refractivity contribution in [1.29, 1.82) is 0 Å². The first-order valence-corrected chi connectivity index (χ1v) is 7.96. The summed E-state index contributed by atoms with van der Waals surface area (Å²) in [7, 11) is 0. The number of benzene rings is 1. The van der Waals surface area contributed by atoms with Crippen molar-refractivity contribution in [2.45, 2.75) is 31.5 Å². The van der Waals surface area contributed by atoms with Gasteiger partial charge in [-0.25, -0.2) is 9.97 Å². The first-order chi connectivity index (χ1) is 10.1. The molecule has 0 saturated heterocycles. The van der Waals surface area contributed by atoms with Crippen LogP contribution in [-0.4, -0.2) is 27.7 Å². The van der Waals surface area contributed by atoms with Crippen molar-refractivity contribution in [1.82, 2.24) is 9.97 Å². The van der Waals surface area contributed by atoms with Gasteiger partial charge in [0.2, 0.25) is 5.91 Å². The number of amides is 1. The molecule has 1 amide bonds. The number of hydrogen-bond acceptors (Lipinski definition) is 4. The van der Waals surface area contributed by atoms with Crippen LogP contribution in [0, 0.1) is 6.92 Å². The van der Waals surface area contributed by atoms with Gasteiger partial charge >= 0.3 is 0 Å². The van der Waals surface area contributed by atoms with Gasteiger partial charge in [0, 0.05) is 23.6 Å². The van der Waals surface area contributed by atoms with Crippen LogP contribution in [0.3, 0.4) is 0 Å². The lowest BCUT2D eigenvalue weighted by Crippen LogP contribution is -2.37. The van der Waals surface area contributed by atoms with Crippen LogP contribution in [-0.2, 0) is 11.2 Å². The van der Waals surface area contributed by atoms with Gasteiger partial charge in [-0.05, 0) is 38.0 Å². The predicted octanol–water partition coefficient (Wildman–Crippen LogP) is 2.85. The number of nitrogens with zero attached hydrogens (tertiary/aromatic N) is 3. The van der Waals surface area contributed by atoms with Crippen molar-refractivity contribution in [3.8, 4) is 0 Å². The lowest BCUT2D eigenvalue weighted by molar-refractivity contribution is -0.116. The lowest BCUT2D eigenvalue weighted by Gasteiger charge is -2.22. The molecular weight excluding hydrogens is 282 g/mol. The molecule has 0 aliphatic carbocycles. The summed E-state index contributed by atoms with van der Waals surface area (Å²) in [4.78, 5) is 22.9. The number of aromatic nitrogens is 2.